The summed E-state index contributed by atoms with van der Waals surface area (Å²) in [6, 6.07) is 0. The molecule has 0 saturated heterocycles. The molecule has 3 saturated carbocycles. The van der Waals surface area contributed by atoms with Gasteiger partial charge < -0.3 is 10.1 Å². The van der Waals surface area contributed by atoms with Gasteiger partial charge in [0.1, 0.15) is 0 Å². The van der Waals surface area contributed by atoms with E-state index in [1.807, 2.05) is 13.0 Å². The Morgan fingerprint density at radius 3 is 2.56 bits per heavy atom. The maximum atomic E-state index is 13.1. The summed E-state index contributed by atoms with van der Waals surface area (Å²) < 4.78 is 6.05. The van der Waals surface area contributed by atoms with Crippen molar-refractivity contribution in [3.05, 3.63) is 23.3 Å². The molecule has 5 heteroatoms. The van der Waals surface area contributed by atoms with Crippen molar-refractivity contribution in [1.82, 2.24) is 5.32 Å². The van der Waals surface area contributed by atoms with Gasteiger partial charge in [0.15, 0.2) is 17.2 Å². The van der Waals surface area contributed by atoms with Crippen molar-refractivity contribution in [1.29, 1.82) is 0 Å². The Balaban J connectivity index is 1.62. The van der Waals surface area contributed by atoms with Crippen LogP contribution < -0.4 is 5.32 Å². The topological polar surface area (TPSA) is 72.5 Å². The molecule has 32 heavy (non-hydrogen) atoms. The van der Waals surface area contributed by atoms with Crippen LogP contribution in [-0.4, -0.2) is 29.8 Å². The summed E-state index contributed by atoms with van der Waals surface area (Å²) in [6.45, 7) is 10.7. The van der Waals surface area contributed by atoms with Crippen molar-refractivity contribution in [2.45, 2.75) is 91.6 Å². The number of Topliss-reactive ketones (excluding diaryl/α,β-unsaturated/α-hetero) is 1. The Hall–Kier alpha value is -1.91. The van der Waals surface area contributed by atoms with Crippen molar-refractivity contribution < 1.29 is 19.1 Å². The van der Waals surface area contributed by atoms with Gasteiger partial charge >= 0.3 is 6.09 Å². The van der Waals surface area contributed by atoms with E-state index in [0.717, 1.165) is 50.5 Å². The van der Waals surface area contributed by atoms with Crippen LogP contribution in [0.15, 0.2) is 23.3 Å². The molecule has 0 bridgehead atoms. The molecule has 0 aliphatic heterocycles. The van der Waals surface area contributed by atoms with Crippen molar-refractivity contribution in [2.75, 3.05) is 6.54 Å². The molecule has 1 N–H and O–H groups in total. The lowest BCUT2D eigenvalue weighted by atomic mass is 9.47. The summed E-state index contributed by atoms with van der Waals surface area (Å²) in [4.78, 5) is 38.0. The van der Waals surface area contributed by atoms with Gasteiger partial charge in [-0.3, -0.25) is 9.59 Å². The first kappa shape index (κ1) is 23.3. The lowest BCUT2D eigenvalue weighted by molar-refractivity contribution is -0.159. The van der Waals surface area contributed by atoms with Gasteiger partial charge in [-0.2, -0.15) is 0 Å². The summed E-state index contributed by atoms with van der Waals surface area (Å²) in [5.41, 5.74) is 0.664. The minimum Gasteiger partial charge on any atom is -0.434 e. The summed E-state index contributed by atoms with van der Waals surface area (Å²) >= 11 is 0. The molecule has 0 radical (unpaired) electrons. The molecule has 5 nitrogen and oxygen atoms in total. The monoisotopic (exact) mass is 441 g/mol. The molecular weight excluding hydrogens is 402 g/mol. The normalized spacial score (nSPS) is 40.4. The molecular formula is C27H39NO4. The van der Waals surface area contributed by atoms with Gasteiger partial charge in [0.25, 0.3) is 0 Å². The van der Waals surface area contributed by atoms with E-state index in [1.165, 1.54) is 5.57 Å². The first-order valence-corrected chi connectivity index (χ1v) is 12.5. The summed E-state index contributed by atoms with van der Waals surface area (Å²) in [5.74, 6) is 1.41. The maximum Gasteiger partial charge on any atom is 0.408 e. The highest BCUT2D eigenvalue weighted by Crippen LogP contribution is 2.68. The number of ether oxygens (including phenoxy) is 1. The van der Waals surface area contributed by atoms with E-state index < -0.39 is 11.7 Å². The number of amides is 1. The molecule has 6 atom stereocenters. The standard InChI is InChI=1S/C27H39NO4/c1-6-7-14-28-24(31)32-27(18(3)29)13-11-22-20-9-8-19-15-23(30)17(2)16-25(19,4)21(20)10-12-26(22,27)5/h15-16,20-22H,6-14H2,1-5H3,(H,28,31)/t20?,21?,22?,25-,26-,27+/m0/s1. The molecule has 4 rings (SSSR count). The van der Waals surface area contributed by atoms with Gasteiger partial charge in [-0.1, -0.05) is 38.8 Å². The van der Waals surface area contributed by atoms with E-state index in [9.17, 15) is 14.4 Å². The number of carbonyl (C=O) groups is 3. The van der Waals surface area contributed by atoms with Crippen LogP contribution in [0.3, 0.4) is 0 Å². The number of nitrogens with one attached hydrogen (secondary N) is 1. The Morgan fingerprint density at radius 1 is 1.16 bits per heavy atom. The highest BCUT2D eigenvalue weighted by atomic mass is 16.6. The third-order valence-electron chi connectivity index (χ3n) is 9.61. The van der Waals surface area contributed by atoms with Crippen LogP contribution in [0.2, 0.25) is 0 Å². The average Bonchev–Trinajstić information content (AvgIpc) is 3.03. The number of rotatable bonds is 5. The second-order valence-electron chi connectivity index (χ2n) is 11.1. The van der Waals surface area contributed by atoms with E-state index in [4.69, 9.17) is 4.74 Å². The molecule has 1 amide bonds. The van der Waals surface area contributed by atoms with Gasteiger partial charge in [-0.25, -0.2) is 4.79 Å². The summed E-state index contributed by atoms with van der Waals surface area (Å²) in [6.07, 6.45) is 10.9. The molecule has 3 fully saturated rings. The molecule has 4 aliphatic rings. The van der Waals surface area contributed by atoms with E-state index in [-0.39, 0.29) is 22.4 Å². The maximum absolute atomic E-state index is 13.1. The van der Waals surface area contributed by atoms with Gasteiger partial charge in [0.2, 0.25) is 0 Å². The van der Waals surface area contributed by atoms with Crippen molar-refractivity contribution in [2.24, 2.45) is 28.6 Å². The van der Waals surface area contributed by atoms with Gasteiger partial charge in [-0.05, 0) is 88.2 Å². The fourth-order valence-corrected chi connectivity index (χ4v) is 7.86. The Bertz CT molecular complexity index is 888. The molecule has 0 aromatic rings. The predicted octanol–water partition coefficient (Wildman–Crippen LogP) is 5.54. The fourth-order valence-electron chi connectivity index (χ4n) is 7.86. The van der Waals surface area contributed by atoms with Crippen LogP contribution in [0.5, 0.6) is 0 Å². The van der Waals surface area contributed by atoms with Gasteiger partial charge in [0.05, 0.1) is 0 Å². The summed E-state index contributed by atoms with van der Waals surface area (Å²) in [5, 5.41) is 2.85. The molecule has 0 heterocycles. The highest BCUT2D eigenvalue weighted by molar-refractivity contribution is 6.05. The number of hydrogen-bond acceptors (Lipinski definition) is 4. The zero-order valence-corrected chi connectivity index (χ0v) is 20.4. The highest BCUT2D eigenvalue weighted by Gasteiger charge is 2.67. The Kier molecular flexibility index (Phi) is 5.92. The van der Waals surface area contributed by atoms with Gasteiger partial charge in [0, 0.05) is 17.4 Å². The fraction of sp³-hybridized carbons (Fsp3) is 0.741. The van der Waals surface area contributed by atoms with Crippen LogP contribution in [0.4, 0.5) is 4.79 Å². The smallest absolute Gasteiger partial charge is 0.408 e. The van der Waals surface area contributed by atoms with Crippen LogP contribution >= 0.6 is 0 Å². The number of carbonyl (C=O) groups excluding carboxylic acids is 3. The van der Waals surface area contributed by atoms with Crippen LogP contribution in [0.25, 0.3) is 0 Å². The van der Waals surface area contributed by atoms with E-state index in [1.54, 1.807) is 6.92 Å². The van der Waals surface area contributed by atoms with Crippen LogP contribution in [-0.2, 0) is 14.3 Å². The number of unbranched alkanes of at least 4 members (excludes halogenated alkanes) is 1. The minimum absolute atomic E-state index is 0.0202. The molecule has 3 unspecified atom stereocenters. The largest absolute Gasteiger partial charge is 0.434 e. The number of hydrogen-bond donors (Lipinski definition) is 1. The molecule has 0 aromatic carbocycles. The Morgan fingerprint density at radius 2 is 1.88 bits per heavy atom. The lowest BCUT2D eigenvalue weighted by Gasteiger charge is -2.58. The number of allylic oxidation sites excluding steroid dienone is 4. The second kappa shape index (κ2) is 8.14. The van der Waals surface area contributed by atoms with Crippen LogP contribution in [0, 0.1) is 28.6 Å². The first-order valence-electron chi connectivity index (χ1n) is 12.5. The molecule has 0 spiro atoms. The third-order valence-corrected chi connectivity index (χ3v) is 9.61. The van der Waals surface area contributed by atoms with Crippen molar-refractivity contribution in [3.8, 4) is 0 Å². The van der Waals surface area contributed by atoms with E-state index in [2.05, 4.69) is 32.2 Å². The van der Waals surface area contributed by atoms with Gasteiger partial charge in [-0.15, -0.1) is 0 Å². The lowest BCUT2D eigenvalue weighted by Crippen LogP contribution is -2.59. The quantitative estimate of drug-likeness (QED) is 0.569. The molecule has 0 aromatic heterocycles. The van der Waals surface area contributed by atoms with Crippen LogP contribution in [0.1, 0.15) is 86.0 Å². The predicted molar refractivity (Wildman–Crippen MR) is 124 cm³/mol. The molecule has 4 aliphatic carbocycles. The summed E-state index contributed by atoms with van der Waals surface area (Å²) in [7, 11) is 0. The number of ketones is 2. The SMILES string of the molecule is CCCCNC(=O)O[C@@]1(C(C)=O)CCC2C3CCC4=CC(=O)C(C)=C[C@]4(C)C3CC[C@@]21C. The van der Waals surface area contributed by atoms with Crippen molar-refractivity contribution in [3.63, 3.8) is 0 Å². The van der Waals surface area contributed by atoms with Crippen molar-refractivity contribution >= 4 is 17.7 Å². The molecule has 176 valence electrons. The Labute approximate surface area is 192 Å². The average molecular weight is 442 g/mol. The minimum atomic E-state index is -1.04. The zero-order chi connectivity index (χ0) is 23.3. The zero-order valence-electron chi connectivity index (χ0n) is 20.4. The third kappa shape index (κ3) is 3.30. The number of fused-ring (bicyclic) bond motifs is 5. The number of alkyl carbamates (subject to hydrolysis) is 1. The van der Waals surface area contributed by atoms with E-state index >= 15 is 0 Å². The second-order valence-corrected chi connectivity index (χ2v) is 11.1. The first-order chi connectivity index (χ1) is 15.1. The van der Waals surface area contributed by atoms with E-state index in [0.29, 0.717) is 30.7 Å².